The SMILES string of the molecule is Cc1cnn(CC(=O)N/N=C/c2c(C)nn(C)c2F)c1. The van der Waals surface area contributed by atoms with E-state index < -0.39 is 5.95 Å². The quantitative estimate of drug-likeness (QED) is 0.654. The molecule has 0 fully saturated rings. The molecule has 0 aliphatic rings. The molecule has 0 bridgehead atoms. The number of nitrogens with zero attached hydrogens (tertiary/aromatic N) is 5. The molecule has 0 saturated carbocycles. The zero-order valence-electron chi connectivity index (χ0n) is 11.5. The van der Waals surface area contributed by atoms with Gasteiger partial charge in [0.15, 0.2) is 0 Å². The van der Waals surface area contributed by atoms with E-state index in [9.17, 15) is 9.18 Å². The molecule has 1 N–H and O–H groups in total. The number of halogens is 1. The molecule has 106 valence electrons. The van der Waals surface area contributed by atoms with E-state index in [2.05, 4.69) is 20.7 Å². The molecule has 0 unspecified atom stereocenters. The number of carbonyl (C=O) groups is 1. The van der Waals surface area contributed by atoms with Crippen LogP contribution in [0.3, 0.4) is 0 Å². The minimum Gasteiger partial charge on any atom is -0.271 e. The third-order valence-electron chi connectivity index (χ3n) is 2.65. The third kappa shape index (κ3) is 3.08. The molecule has 2 rings (SSSR count). The minimum absolute atomic E-state index is 0.0552. The van der Waals surface area contributed by atoms with Crippen molar-refractivity contribution in [2.45, 2.75) is 20.4 Å². The molecule has 2 aromatic heterocycles. The molecule has 20 heavy (non-hydrogen) atoms. The molecule has 0 aliphatic carbocycles. The Balaban J connectivity index is 1.94. The minimum atomic E-state index is -0.497. The van der Waals surface area contributed by atoms with Crippen LogP contribution in [-0.4, -0.2) is 31.7 Å². The van der Waals surface area contributed by atoms with E-state index in [-0.39, 0.29) is 18.0 Å². The highest BCUT2D eigenvalue weighted by atomic mass is 19.1. The van der Waals surface area contributed by atoms with Crippen molar-refractivity contribution in [3.63, 3.8) is 0 Å². The molecule has 1 amide bonds. The topological polar surface area (TPSA) is 77.1 Å². The second kappa shape index (κ2) is 5.64. The van der Waals surface area contributed by atoms with Gasteiger partial charge in [-0.05, 0) is 19.4 Å². The van der Waals surface area contributed by atoms with Crippen LogP contribution in [0.15, 0.2) is 17.5 Å². The molecule has 2 heterocycles. The van der Waals surface area contributed by atoms with Gasteiger partial charge in [0.1, 0.15) is 6.54 Å². The summed E-state index contributed by atoms with van der Waals surface area (Å²) in [5, 5.41) is 11.6. The van der Waals surface area contributed by atoms with Gasteiger partial charge in [-0.3, -0.25) is 9.48 Å². The molecule has 0 saturated heterocycles. The van der Waals surface area contributed by atoms with Crippen LogP contribution in [-0.2, 0) is 18.4 Å². The number of aryl methyl sites for hydroxylation is 3. The van der Waals surface area contributed by atoms with Crippen molar-refractivity contribution in [3.8, 4) is 0 Å². The van der Waals surface area contributed by atoms with E-state index in [4.69, 9.17) is 0 Å². The van der Waals surface area contributed by atoms with E-state index in [0.29, 0.717) is 5.69 Å². The van der Waals surface area contributed by atoms with Gasteiger partial charge in [-0.25, -0.2) is 10.1 Å². The fraction of sp³-hybridized carbons (Fsp3) is 0.333. The van der Waals surface area contributed by atoms with Crippen LogP contribution in [0.1, 0.15) is 16.8 Å². The largest absolute Gasteiger partial charge is 0.271 e. The molecular formula is C12H15FN6O. The van der Waals surface area contributed by atoms with Crippen molar-refractivity contribution in [1.82, 2.24) is 25.0 Å². The lowest BCUT2D eigenvalue weighted by atomic mass is 10.3. The predicted molar refractivity (Wildman–Crippen MR) is 70.6 cm³/mol. The average Bonchev–Trinajstić information content (AvgIpc) is 2.88. The number of rotatable bonds is 4. The standard InChI is InChI=1S/C12H15FN6O/c1-8-4-15-19(6-8)7-11(20)16-14-5-10-9(2)17-18(3)12(10)13/h4-6H,7H2,1-3H3,(H,16,20)/b14-5+. The van der Waals surface area contributed by atoms with Crippen molar-refractivity contribution in [3.05, 3.63) is 35.2 Å². The summed E-state index contributed by atoms with van der Waals surface area (Å²) in [5.41, 5.74) is 4.04. The summed E-state index contributed by atoms with van der Waals surface area (Å²) in [5.74, 6) is -0.838. The Hall–Kier alpha value is -2.51. The number of carbonyl (C=O) groups excluding carboxylic acids is 1. The predicted octanol–water partition coefficient (Wildman–Crippen LogP) is 0.523. The summed E-state index contributed by atoms with van der Waals surface area (Å²) >= 11 is 0. The van der Waals surface area contributed by atoms with Gasteiger partial charge in [-0.2, -0.15) is 19.7 Å². The lowest BCUT2D eigenvalue weighted by Gasteiger charge is -1.99. The zero-order chi connectivity index (χ0) is 14.7. The Morgan fingerprint density at radius 1 is 1.55 bits per heavy atom. The number of aromatic nitrogens is 4. The normalized spacial score (nSPS) is 11.2. The number of hydrogen-bond donors (Lipinski definition) is 1. The number of amides is 1. The van der Waals surface area contributed by atoms with Gasteiger partial charge in [0.05, 0.1) is 23.7 Å². The van der Waals surface area contributed by atoms with Gasteiger partial charge in [-0.15, -0.1) is 0 Å². The first kappa shape index (κ1) is 13.9. The Kier molecular flexibility index (Phi) is 3.92. The van der Waals surface area contributed by atoms with E-state index >= 15 is 0 Å². The maximum absolute atomic E-state index is 13.6. The monoisotopic (exact) mass is 278 g/mol. The van der Waals surface area contributed by atoms with Gasteiger partial charge < -0.3 is 0 Å². The van der Waals surface area contributed by atoms with Crippen LogP contribution in [0.25, 0.3) is 0 Å². The van der Waals surface area contributed by atoms with Crippen LogP contribution in [0, 0.1) is 19.8 Å². The summed E-state index contributed by atoms with van der Waals surface area (Å²) in [4.78, 5) is 11.6. The van der Waals surface area contributed by atoms with E-state index in [1.165, 1.54) is 17.9 Å². The summed E-state index contributed by atoms with van der Waals surface area (Å²) in [6.07, 6.45) is 4.64. The summed E-state index contributed by atoms with van der Waals surface area (Å²) in [7, 11) is 1.50. The van der Waals surface area contributed by atoms with Crippen LogP contribution in [0.2, 0.25) is 0 Å². The first-order chi connectivity index (χ1) is 9.47. The molecule has 0 radical (unpaired) electrons. The number of nitrogens with one attached hydrogen (secondary N) is 1. The maximum Gasteiger partial charge on any atom is 0.261 e. The van der Waals surface area contributed by atoms with Gasteiger partial charge >= 0.3 is 0 Å². The highest BCUT2D eigenvalue weighted by Gasteiger charge is 2.10. The Labute approximate surface area is 115 Å². The van der Waals surface area contributed by atoms with Crippen LogP contribution < -0.4 is 5.43 Å². The van der Waals surface area contributed by atoms with E-state index in [1.807, 2.05) is 6.92 Å². The fourth-order valence-electron chi connectivity index (χ4n) is 1.70. The summed E-state index contributed by atoms with van der Waals surface area (Å²) < 4.78 is 16.2. The van der Waals surface area contributed by atoms with Crippen molar-refractivity contribution in [1.29, 1.82) is 0 Å². The van der Waals surface area contributed by atoms with Gasteiger partial charge in [0, 0.05) is 13.2 Å². The molecule has 0 atom stereocenters. The molecular weight excluding hydrogens is 263 g/mol. The van der Waals surface area contributed by atoms with Crippen molar-refractivity contribution >= 4 is 12.1 Å². The summed E-state index contributed by atoms with van der Waals surface area (Å²) in [6, 6.07) is 0. The van der Waals surface area contributed by atoms with Crippen LogP contribution >= 0.6 is 0 Å². The van der Waals surface area contributed by atoms with Gasteiger partial charge in [0.25, 0.3) is 5.91 Å². The molecule has 0 aromatic carbocycles. The smallest absolute Gasteiger partial charge is 0.261 e. The molecule has 0 spiro atoms. The Morgan fingerprint density at radius 3 is 2.85 bits per heavy atom. The van der Waals surface area contributed by atoms with E-state index in [0.717, 1.165) is 10.2 Å². The molecule has 7 nitrogen and oxygen atoms in total. The van der Waals surface area contributed by atoms with Crippen molar-refractivity contribution < 1.29 is 9.18 Å². The molecule has 0 aliphatic heterocycles. The first-order valence-electron chi connectivity index (χ1n) is 5.97. The second-order valence-corrected chi connectivity index (χ2v) is 4.42. The van der Waals surface area contributed by atoms with E-state index in [1.54, 1.807) is 19.3 Å². The Morgan fingerprint density at radius 2 is 2.30 bits per heavy atom. The average molecular weight is 278 g/mol. The lowest BCUT2D eigenvalue weighted by molar-refractivity contribution is -0.121. The number of hydrazone groups is 1. The summed E-state index contributed by atoms with van der Waals surface area (Å²) in [6.45, 7) is 3.60. The maximum atomic E-state index is 13.6. The first-order valence-corrected chi connectivity index (χ1v) is 5.97. The van der Waals surface area contributed by atoms with Crippen LogP contribution in [0.5, 0.6) is 0 Å². The van der Waals surface area contributed by atoms with Crippen molar-refractivity contribution in [2.75, 3.05) is 0 Å². The Bertz CT molecular complexity index is 657. The van der Waals surface area contributed by atoms with Crippen molar-refractivity contribution in [2.24, 2.45) is 12.1 Å². The third-order valence-corrected chi connectivity index (χ3v) is 2.65. The molecule has 8 heteroatoms. The van der Waals surface area contributed by atoms with Crippen LogP contribution in [0.4, 0.5) is 4.39 Å². The number of hydrogen-bond acceptors (Lipinski definition) is 4. The highest BCUT2D eigenvalue weighted by Crippen LogP contribution is 2.07. The van der Waals surface area contributed by atoms with Gasteiger partial charge in [-0.1, -0.05) is 0 Å². The zero-order valence-corrected chi connectivity index (χ0v) is 11.5. The van der Waals surface area contributed by atoms with Gasteiger partial charge in [0.2, 0.25) is 5.95 Å². The highest BCUT2D eigenvalue weighted by molar-refractivity contribution is 5.83. The molecule has 2 aromatic rings. The lowest BCUT2D eigenvalue weighted by Crippen LogP contribution is -2.23. The second-order valence-electron chi connectivity index (χ2n) is 4.42. The fourth-order valence-corrected chi connectivity index (χ4v) is 1.70.